The van der Waals surface area contributed by atoms with Crippen LogP contribution in [0.3, 0.4) is 0 Å². The molecule has 2 atom stereocenters. The molecule has 0 aromatic rings. The van der Waals surface area contributed by atoms with E-state index < -0.39 is 0 Å². The lowest BCUT2D eigenvalue weighted by Crippen LogP contribution is -2.46. The monoisotopic (exact) mass is 285 g/mol. The zero-order valence-corrected chi connectivity index (χ0v) is 12.4. The molecule has 2 fully saturated rings. The minimum absolute atomic E-state index is 0.0498. The number of carbonyl (C=O) groups excluding carboxylic acids is 1. The standard InChI is InChI=1S/C14H27N3O3/c1-2-3-15-13-11-20-10-12(13)14(18)16-4-5-17-6-8-19-9-7-17/h12-13,15H,2-11H2,1H3,(H,16,18). The highest BCUT2D eigenvalue weighted by Gasteiger charge is 2.33. The molecule has 0 aromatic carbocycles. The van der Waals surface area contributed by atoms with E-state index in [1.807, 2.05) is 0 Å². The topological polar surface area (TPSA) is 62.8 Å². The fourth-order valence-corrected chi connectivity index (χ4v) is 2.64. The first-order valence-electron chi connectivity index (χ1n) is 7.70. The highest BCUT2D eigenvalue weighted by atomic mass is 16.5. The number of amides is 1. The van der Waals surface area contributed by atoms with Crippen molar-refractivity contribution in [3.05, 3.63) is 0 Å². The van der Waals surface area contributed by atoms with Crippen molar-refractivity contribution in [2.45, 2.75) is 19.4 Å². The minimum atomic E-state index is -0.0498. The molecule has 0 spiro atoms. The van der Waals surface area contributed by atoms with Crippen molar-refractivity contribution in [2.75, 3.05) is 59.2 Å². The molecule has 6 heteroatoms. The van der Waals surface area contributed by atoms with Gasteiger partial charge in [-0.25, -0.2) is 0 Å². The summed E-state index contributed by atoms with van der Waals surface area (Å²) in [6, 6.07) is 0.165. The summed E-state index contributed by atoms with van der Waals surface area (Å²) in [5.41, 5.74) is 0. The summed E-state index contributed by atoms with van der Waals surface area (Å²) in [7, 11) is 0. The van der Waals surface area contributed by atoms with Gasteiger partial charge in [-0.2, -0.15) is 0 Å². The maximum Gasteiger partial charge on any atom is 0.227 e. The van der Waals surface area contributed by atoms with Crippen LogP contribution in [-0.2, 0) is 14.3 Å². The Hall–Kier alpha value is -0.690. The van der Waals surface area contributed by atoms with Crippen LogP contribution in [0.15, 0.2) is 0 Å². The van der Waals surface area contributed by atoms with Crippen molar-refractivity contribution in [1.82, 2.24) is 15.5 Å². The van der Waals surface area contributed by atoms with Crippen LogP contribution in [0.1, 0.15) is 13.3 Å². The molecule has 1 amide bonds. The lowest BCUT2D eigenvalue weighted by Gasteiger charge is -2.27. The van der Waals surface area contributed by atoms with E-state index >= 15 is 0 Å². The van der Waals surface area contributed by atoms with E-state index in [-0.39, 0.29) is 17.9 Å². The SMILES string of the molecule is CCCNC1COCC1C(=O)NCCN1CCOCC1. The molecule has 0 aromatic heterocycles. The third kappa shape index (κ3) is 4.70. The molecule has 2 N–H and O–H groups in total. The zero-order valence-electron chi connectivity index (χ0n) is 12.4. The van der Waals surface area contributed by atoms with Crippen LogP contribution in [0.4, 0.5) is 0 Å². The van der Waals surface area contributed by atoms with Crippen LogP contribution < -0.4 is 10.6 Å². The van der Waals surface area contributed by atoms with Crippen LogP contribution in [0.25, 0.3) is 0 Å². The second-order valence-electron chi connectivity index (χ2n) is 5.45. The molecule has 0 radical (unpaired) electrons. The van der Waals surface area contributed by atoms with Crippen molar-refractivity contribution >= 4 is 5.91 Å². The van der Waals surface area contributed by atoms with Crippen molar-refractivity contribution in [3.8, 4) is 0 Å². The molecule has 0 aliphatic carbocycles. The van der Waals surface area contributed by atoms with E-state index in [9.17, 15) is 4.79 Å². The Bertz CT molecular complexity index is 295. The van der Waals surface area contributed by atoms with Gasteiger partial charge in [0.1, 0.15) is 0 Å². The van der Waals surface area contributed by atoms with E-state index in [1.54, 1.807) is 0 Å². The first-order chi connectivity index (χ1) is 9.81. The van der Waals surface area contributed by atoms with Gasteiger partial charge in [0.15, 0.2) is 0 Å². The highest BCUT2D eigenvalue weighted by Crippen LogP contribution is 2.13. The van der Waals surface area contributed by atoms with Crippen molar-refractivity contribution < 1.29 is 14.3 Å². The smallest absolute Gasteiger partial charge is 0.227 e. The zero-order chi connectivity index (χ0) is 14.2. The molecule has 6 nitrogen and oxygen atoms in total. The third-order valence-corrected chi connectivity index (χ3v) is 3.90. The van der Waals surface area contributed by atoms with Gasteiger partial charge in [-0.15, -0.1) is 0 Å². The van der Waals surface area contributed by atoms with Gasteiger partial charge in [0.25, 0.3) is 0 Å². The lowest BCUT2D eigenvalue weighted by atomic mass is 10.0. The largest absolute Gasteiger partial charge is 0.379 e. The molecule has 0 bridgehead atoms. The fraction of sp³-hybridized carbons (Fsp3) is 0.929. The molecule has 2 unspecified atom stereocenters. The predicted octanol–water partition coefficient (Wildman–Crippen LogP) is -0.551. The second-order valence-corrected chi connectivity index (χ2v) is 5.45. The molecule has 20 heavy (non-hydrogen) atoms. The average molecular weight is 285 g/mol. The van der Waals surface area contributed by atoms with Gasteiger partial charge in [-0.1, -0.05) is 6.92 Å². The number of hydrogen-bond donors (Lipinski definition) is 2. The molecule has 2 rings (SSSR count). The van der Waals surface area contributed by atoms with Crippen molar-refractivity contribution in [3.63, 3.8) is 0 Å². The number of rotatable bonds is 7. The van der Waals surface area contributed by atoms with Crippen LogP contribution in [0.2, 0.25) is 0 Å². The fourth-order valence-electron chi connectivity index (χ4n) is 2.64. The van der Waals surface area contributed by atoms with E-state index in [4.69, 9.17) is 9.47 Å². The Morgan fingerprint density at radius 1 is 1.20 bits per heavy atom. The molecule has 2 heterocycles. The molecule has 116 valence electrons. The van der Waals surface area contributed by atoms with Gasteiger partial charge in [0.2, 0.25) is 5.91 Å². The number of morpholine rings is 1. The van der Waals surface area contributed by atoms with Gasteiger partial charge in [-0.3, -0.25) is 9.69 Å². The molecule has 0 saturated carbocycles. The van der Waals surface area contributed by atoms with Crippen LogP contribution in [-0.4, -0.2) is 76.0 Å². The van der Waals surface area contributed by atoms with Crippen molar-refractivity contribution in [1.29, 1.82) is 0 Å². The Morgan fingerprint density at radius 3 is 2.75 bits per heavy atom. The summed E-state index contributed by atoms with van der Waals surface area (Å²) in [6.07, 6.45) is 1.07. The number of nitrogens with one attached hydrogen (secondary N) is 2. The van der Waals surface area contributed by atoms with Crippen LogP contribution >= 0.6 is 0 Å². The molecule has 2 saturated heterocycles. The number of hydrogen-bond acceptors (Lipinski definition) is 5. The van der Waals surface area contributed by atoms with Crippen molar-refractivity contribution in [2.24, 2.45) is 5.92 Å². The Labute approximate surface area is 121 Å². The maximum absolute atomic E-state index is 12.2. The quantitative estimate of drug-likeness (QED) is 0.657. The highest BCUT2D eigenvalue weighted by molar-refractivity contribution is 5.79. The average Bonchev–Trinajstić information content (AvgIpc) is 2.94. The van der Waals surface area contributed by atoms with Gasteiger partial charge < -0.3 is 20.1 Å². The predicted molar refractivity (Wildman–Crippen MR) is 76.7 cm³/mol. The first kappa shape index (κ1) is 15.7. The summed E-state index contributed by atoms with van der Waals surface area (Å²) >= 11 is 0. The minimum Gasteiger partial charge on any atom is -0.379 e. The normalized spacial score (nSPS) is 27.6. The molecule has 2 aliphatic rings. The summed E-state index contributed by atoms with van der Waals surface area (Å²) in [5, 5.41) is 6.43. The van der Waals surface area contributed by atoms with Gasteiger partial charge in [0.05, 0.1) is 32.3 Å². The van der Waals surface area contributed by atoms with Gasteiger partial charge >= 0.3 is 0 Å². The summed E-state index contributed by atoms with van der Waals surface area (Å²) in [6.45, 7) is 9.36. The third-order valence-electron chi connectivity index (χ3n) is 3.90. The maximum atomic E-state index is 12.2. The Morgan fingerprint density at radius 2 is 2.00 bits per heavy atom. The van der Waals surface area contributed by atoms with E-state index in [2.05, 4.69) is 22.5 Å². The van der Waals surface area contributed by atoms with E-state index in [1.165, 1.54) is 0 Å². The van der Waals surface area contributed by atoms with E-state index in [0.29, 0.717) is 19.8 Å². The number of nitrogens with zero attached hydrogens (tertiary/aromatic N) is 1. The number of ether oxygens (including phenoxy) is 2. The Balaban J connectivity index is 1.65. The van der Waals surface area contributed by atoms with Gasteiger partial charge in [0, 0.05) is 32.2 Å². The van der Waals surface area contributed by atoms with Crippen LogP contribution in [0.5, 0.6) is 0 Å². The summed E-state index contributed by atoms with van der Waals surface area (Å²) in [5.74, 6) is 0.0654. The molecular weight excluding hydrogens is 258 g/mol. The Kier molecular flexibility index (Phi) is 6.72. The second kappa shape index (κ2) is 8.56. The molecule has 2 aliphatic heterocycles. The van der Waals surface area contributed by atoms with Crippen LogP contribution in [0, 0.1) is 5.92 Å². The lowest BCUT2D eigenvalue weighted by molar-refractivity contribution is -0.125. The summed E-state index contributed by atoms with van der Waals surface area (Å²) < 4.78 is 10.7. The molecular formula is C14H27N3O3. The number of carbonyl (C=O) groups is 1. The van der Waals surface area contributed by atoms with E-state index in [0.717, 1.165) is 45.8 Å². The first-order valence-corrected chi connectivity index (χ1v) is 7.70. The summed E-state index contributed by atoms with van der Waals surface area (Å²) in [4.78, 5) is 14.5. The van der Waals surface area contributed by atoms with Gasteiger partial charge in [-0.05, 0) is 13.0 Å².